The molecule has 0 radical (unpaired) electrons. The van der Waals surface area contributed by atoms with E-state index in [-0.39, 0.29) is 50.2 Å². The average Bonchev–Trinajstić information content (AvgIpc) is 2.77. The normalized spacial score (nSPS) is 16.9. The molecule has 1 heterocycles. The Hall–Kier alpha value is -3.98. The molecule has 160 valence electrons. The molecule has 2 N–H and O–H groups in total. The Morgan fingerprint density at radius 2 is 1.56 bits per heavy atom. The molecule has 0 fully saturated rings. The van der Waals surface area contributed by atoms with Crippen molar-refractivity contribution >= 4 is 38.9 Å². The molecule has 0 spiro atoms. The maximum Gasteiger partial charge on any atom is 0.265 e. The minimum Gasteiger partial charge on any atom is -0.479 e. The first-order valence-corrected chi connectivity index (χ1v) is 11.2. The Morgan fingerprint density at radius 1 is 0.875 bits per heavy atom. The third-order valence-corrected chi connectivity index (χ3v) is 6.75. The second kappa shape index (κ2) is 7.03. The minimum atomic E-state index is -4.15. The van der Waals surface area contributed by atoms with Gasteiger partial charge < -0.3 is 10.1 Å². The van der Waals surface area contributed by atoms with Crippen LogP contribution in [-0.2, 0) is 14.8 Å². The summed E-state index contributed by atoms with van der Waals surface area (Å²) in [5.74, 6) is -0.821. The summed E-state index contributed by atoms with van der Waals surface area (Å²) in [6.45, 7) is 1.58. The van der Waals surface area contributed by atoms with E-state index in [4.69, 9.17) is 4.74 Å². The summed E-state index contributed by atoms with van der Waals surface area (Å²) >= 11 is 0. The van der Waals surface area contributed by atoms with E-state index in [0.717, 1.165) is 0 Å². The number of anilines is 2. The molecule has 2 aliphatic rings. The molecular formula is C23H16N2O6S. The molecular weight excluding hydrogens is 432 g/mol. The summed E-state index contributed by atoms with van der Waals surface area (Å²) in [6.07, 6.45) is -0.689. The summed E-state index contributed by atoms with van der Waals surface area (Å²) in [4.78, 5) is 37.7. The van der Waals surface area contributed by atoms with E-state index in [1.807, 2.05) is 0 Å². The summed E-state index contributed by atoms with van der Waals surface area (Å²) in [5, 5.41) is 2.60. The highest BCUT2D eigenvalue weighted by Crippen LogP contribution is 2.35. The number of sulfonamides is 1. The fourth-order valence-corrected chi connectivity index (χ4v) is 4.89. The Morgan fingerprint density at radius 3 is 2.31 bits per heavy atom. The van der Waals surface area contributed by atoms with Crippen molar-refractivity contribution in [2.45, 2.75) is 17.9 Å². The quantitative estimate of drug-likeness (QED) is 0.497. The number of fused-ring (bicyclic) bond motifs is 3. The third kappa shape index (κ3) is 3.05. The molecule has 0 saturated heterocycles. The molecule has 1 atom stereocenters. The summed E-state index contributed by atoms with van der Waals surface area (Å²) in [7, 11) is -4.15. The lowest BCUT2D eigenvalue weighted by atomic mass is 9.83. The molecule has 1 amide bonds. The monoisotopic (exact) mass is 448 g/mol. The Kier molecular flexibility index (Phi) is 4.38. The molecule has 3 aromatic rings. The first kappa shape index (κ1) is 20.0. The van der Waals surface area contributed by atoms with E-state index in [0.29, 0.717) is 5.75 Å². The number of ketones is 2. The van der Waals surface area contributed by atoms with Crippen molar-refractivity contribution in [3.63, 3.8) is 0 Å². The molecule has 1 aliphatic heterocycles. The fraction of sp³-hybridized carbons (Fsp3) is 0.0870. The predicted molar refractivity (Wildman–Crippen MR) is 116 cm³/mol. The van der Waals surface area contributed by atoms with Crippen LogP contribution in [0.5, 0.6) is 5.75 Å². The number of hydrogen-bond acceptors (Lipinski definition) is 6. The van der Waals surface area contributed by atoms with Crippen LogP contribution in [0.2, 0.25) is 0 Å². The van der Waals surface area contributed by atoms with Crippen LogP contribution in [0.1, 0.15) is 38.8 Å². The van der Waals surface area contributed by atoms with Gasteiger partial charge in [0.15, 0.2) is 17.7 Å². The van der Waals surface area contributed by atoms with E-state index in [1.165, 1.54) is 42.5 Å². The molecule has 5 rings (SSSR count). The molecule has 1 aliphatic carbocycles. The van der Waals surface area contributed by atoms with Crippen LogP contribution in [-0.4, -0.2) is 32.0 Å². The number of ether oxygens (including phenoxy) is 1. The van der Waals surface area contributed by atoms with Crippen LogP contribution >= 0.6 is 0 Å². The molecule has 0 aromatic heterocycles. The zero-order chi connectivity index (χ0) is 22.6. The Balaban J connectivity index is 1.54. The topological polar surface area (TPSA) is 119 Å². The van der Waals surface area contributed by atoms with Gasteiger partial charge in [-0.3, -0.25) is 19.1 Å². The first-order valence-electron chi connectivity index (χ1n) is 9.72. The summed E-state index contributed by atoms with van der Waals surface area (Å²) in [5.41, 5.74) is 0.870. The highest BCUT2D eigenvalue weighted by Gasteiger charge is 2.33. The molecule has 1 unspecified atom stereocenters. The van der Waals surface area contributed by atoms with Crippen LogP contribution in [0.3, 0.4) is 0 Å². The van der Waals surface area contributed by atoms with Gasteiger partial charge in [-0.15, -0.1) is 0 Å². The number of nitrogens with one attached hydrogen (secondary N) is 2. The molecule has 3 aromatic carbocycles. The highest BCUT2D eigenvalue weighted by atomic mass is 32.2. The van der Waals surface area contributed by atoms with Crippen molar-refractivity contribution in [3.05, 3.63) is 82.9 Å². The largest absolute Gasteiger partial charge is 0.479 e. The van der Waals surface area contributed by atoms with Crippen molar-refractivity contribution < 1.29 is 27.5 Å². The summed E-state index contributed by atoms with van der Waals surface area (Å²) < 4.78 is 34.1. The maximum atomic E-state index is 13.1. The van der Waals surface area contributed by atoms with Crippen molar-refractivity contribution in [1.82, 2.24) is 0 Å². The zero-order valence-electron chi connectivity index (χ0n) is 16.7. The number of carbonyl (C=O) groups is 3. The van der Waals surface area contributed by atoms with Crippen molar-refractivity contribution in [2.24, 2.45) is 0 Å². The van der Waals surface area contributed by atoms with Gasteiger partial charge in [0, 0.05) is 16.7 Å². The Labute approximate surface area is 183 Å². The number of hydrogen-bond donors (Lipinski definition) is 2. The van der Waals surface area contributed by atoms with Gasteiger partial charge in [0.05, 0.1) is 21.8 Å². The smallest absolute Gasteiger partial charge is 0.265 e. The molecule has 0 bridgehead atoms. The zero-order valence-corrected chi connectivity index (χ0v) is 17.5. The van der Waals surface area contributed by atoms with Crippen molar-refractivity contribution in [1.29, 1.82) is 0 Å². The number of carbonyl (C=O) groups excluding carboxylic acids is 3. The first-order chi connectivity index (χ1) is 15.3. The highest BCUT2D eigenvalue weighted by molar-refractivity contribution is 7.92. The van der Waals surface area contributed by atoms with E-state index in [9.17, 15) is 22.8 Å². The summed E-state index contributed by atoms with van der Waals surface area (Å²) in [6, 6.07) is 14.9. The van der Waals surface area contributed by atoms with Crippen LogP contribution in [0.15, 0.2) is 65.6 Å². The van der Waals surface area contributed by atoms with Gasteiger partial charge in [-0.2, -0.15) is 0 Å². The number of amides is 1. The predicted octanol–water partition coefficient (Wildman–Crippen LogP) is 2.98. The van der Waals surface area contributed by atoms with Crippen LogP contribution < -0.4 is 14.8 Å². The standard InChI is InChI=1S/C23H16N2O6S/c1-12-23(28)24-18-11-13(9-10-19(18)31-12)32(29,30)25-17-8-4-7-16-20(17)22(27)15-6-3-2-5-14(15)21(16)26/h2-12,25H,1H3,(H,24,28). The second-order valence-corrected chi connectivity index (χ2v) is 9.13. The van der Waals surface area contributed by atoms with Crippen LogP contribution in [0.4, 0.5) is 11.4 Å². The van der Waals surface area contributed by atoms with Gasteiger partial charge >= 0.3 is 0 Å². The lowest BCUT2D eigenvalue weighted by Crippen LogP contribution is -2.34. The van der Waals surface area contributed by atoms with E-state index >= 15 is 0 Å². The van der Waals surface area contributed by atoms with Gasteiger partial charge in [0.1, 0.15) is 5.75 Å². The number of benzene rings is 3. The molecule has 9 heteroatoms. The number of rotatable bonds is 3. The SMILES string of the molecule is CC1Oc2ccc(S(=O)(=O)Nc3cccc4c3C(=O)c3ccccc3C4=O)cc2NC1=O. The third-order valence-electron chi connectivity index (χ3n) is 5.39. The lowest BCUT2D eigenvalue weighted by Gasteiger charge is -2.24. The maximum absolute atomic E-state index is 13.1. The van der Waals surface area contributed by atoms with Gasteiger partial charge in [-0.1, -0.05) is 36.4 Å². The molecule has 32 heavy (non-hydrogen) atoms. The van der Waals surface area contributed by atoms with Crippen molar-refractivity contribution in [3.8, 4) is 5.75 Å². The van der Waals surface area contributed by atoms with Gasteiger partial charge in [-0.25, -0.2) is 8.42 Å². The minimum absolute atomic E-state index is 0.00183. The van der Waals surface area contributed by atoms with E-state index < -0.39 is 21.9 Å². The van der Waals surface area contributed by atoms with Gasteiger partial charge in [0.2, 0.25) is 0 Å². The lowest BCUT2D eigenvalue weighted by molar-refractivity contribution is -0.122. The average molecular weight is 448 g/mol. The Bertz CT molecular complexity index is 1440. The van der Waals surface area contributed by atoms with E-state index in [1.54, 1.807) is 25.1 Å². The van der Waals surface area contributed by atoms with E-state index in [2.05, 4.69) is 10.0 Å². The fourth-order valence-electron chi connectivity index (χ4n) is 3.79. The van der Waals surface area contributed by atoms with Gasteiger partial charge in [-0.05, 0) is 31.2 Å². The second-order valence-electron chi connectivity index (χ2n) is 7.44. The van der Waals surface area contributed by atoms with Crippen LogP contribution in [0, 0.1) is 0 Å². The molecule has 8 nitrogen and oxygen atoms in total. The molecule has 0 saturated carbocycles. The van der Waals surface area contributed by atoms with Crippen molar-refractivity contribution in [2.75, 3.05) is 10.0 Å². The van der Waals surface area contributed by atoms with Gasteiger partial charge in [0.25, 0.3) is 15.9 Å². The van der Waals surface area contributed by atoms with Crippen LogP contribution in [0.25, 0.3) is 0 Å².